The van der Waals surface area contributed by atoms with Gasteiger partial charge in [-0.2, -0.15) is 0 Å². The van der Waals surface area contributed by atoms with Crippen LogP contribution in [0.5, 0.6) is 0 Å². The quantitative estimate of drug-likeness (QED) is 0.787. The Balaban J connectivity index is 2.44. The highest BCUT2D eigenvalue weighted by Crippen LogP contribution is 2.12. The molecule has 12 heavy (non-hydrogen) atoms. The predicted molar refractivity (Wildman–Crippen MR) is 46.5 cm³/mol. The molecule has 0 N–H and O–H groups in total. The molecule has 1 aromatic rings. The molecule has 0 fully saturated rings. The van der Waals surface area contributed by atoms with Crippen LogP contribution in [0, 0.1) is 0 Å². The Morgan fingerprint density at radius 3 is 2.50 bits per heavy atom. The lowest BCUT2D eigenvalue weighted by Gasteiger charge is -2.17. The van der Waals surface area contributed by atoms with Gasteiger partial charge in [0.25, 0.3) is 4.80 Å². The van der Waals surface area contributed by atoms with E-state index in [-0.39, 0.29) is 5.60 Å². The first-order chi connectivity index (χ1) is 5.47. The predicted octanol–water partition coefficient (Wildman–Crippen LogP) is 2.15. The normalized spacial score (nSPS) is 12.0. The smallest absolute Gasteiger partial charge is 0.284 e. The summed E-state index contributed by atoms with van der Waals surface area (Å²) in [6, 6.07) is 0. The Kier molecular flexibility index (Phi) is 2.85. The lowest BCUT2D eigenvalue weighted by molar-refractivity contribution is -0.0246. The zero-order chi connectivity index (χ0) is 9.19. The number of aromatic nitrogens is 2. The highest BCUT2D eigenvalue weighted by Gasteiger charge is 2.12. The van der Waals surface area contributed by atoms with Crippen LogP contribution in [0.2, 0.25) is 0 Å². The molecule has 1 aromatic heterocycles. The fourth-order valence-electron chi connectivity index (χ4n) is 0.570. The van der Waals surface area contributed by atoms with Gasteiger partial charge in [0.2, 0.25) is 5.89 Å². The Labute approximate surface area is 79.4 Å². The van der Waals surface area contributed by atoms with E-state index in [1.165, 1.54) is 0 Å². The number of rotatable bonds is 2. The van der Waals surface area contributed by atoms with E-state index < -0.39 is 0 Å². The maximum absolute atomic E-state index is 5.41. The Bertz CT molecular complexity index is 254. The molecule has 68 valence electrons. The van der Waals surface area contributed by atoms with Gasteiger partial charge in [-0.15, -0.1) is 10.2 Å². The van der Waals surface area contributed by atoms with E-state index in [0.717, 1.165) is 0 Å². The van der Waals surface area contributed by atoms with Crippen molar-refractivity contribution in [2.45, 2.75) is 33.0 Å². The standard InChI is InChI=1S/C7H11BrN2O2/c1-7(2,3)11-4-5-9-10-6(8)12-5/h4H2,1-3H3. The number of ether oxygens (including phenoxy) is 1. The van der Waals surface area contributed by atoms with Crippen LogP contribution in [0.1, 0.15) is 26.7 Å². The second-order valence-electron chi connectivity index (χ2n) is 3.35. The Morgan fingerprint density at radius 1 is 1.42 bits per heavy atom. The van der Waals surface area contributed by atoms with Crippen LogP contribution >= 0.6 is 15.9 Å². The van der Waals surface area contributed by atoms with Crippen molar-refractivity contribution in [3.63, 3.8) is 0 Å². The minimum Gasteiger partial charge on any atom is -0.413 e. The van der Waals surface area contributed by atoms with E-state index in [0.29, 0.717) is 17.3 Å². The maximum Gasteiger partial charge on any atom is 0.284 e. The third-order valence-corrected chi connectivity index (χ3v) is 1.39. The van der Waals surface area contributed by atoms with Crippen molar-refractivity contribution in [1.29, 1.82) is 0 Å². The summed E-state index contributed by atoms with van der Waals surface area (Å²) in [6.45, 7) is 6.26. The molecule has 5 heteroatoms. The average molecular weight is 235 g/mol. The second kappa shape index (κ2) is 3.53. The lowest BCUT2D eigenvalue weighted by Crippen LogP contribution is -2.18. The van der Waals surface area contributed by atoms with Gasteiger partial charge in [0.15, 0.2) is 0 Å². The fraction of sp³-hybridized carbons (Fsp3) is 0.714. The fourth-order valence-corrected chi connectivity index (χ4v) is 0.836. The van der Waals surface area contributed by atoms with Crippen molar-refractivity contribution in [2.24, 2.45) is 0 Å². The maximum atomic E-state index is 5.41. The number of hydrogen-bond donors (Lipinski definition) is 0. The van der Waals surface area contributed by atoms with Crippen LogP contribution in [0.15, 0.2) is 9.22 Å². The minimum absolute atomic E-state index is 0.180. The molecule has 4 nitrogen and oxygen atoms in total. The Hall–Kier alpha value is -0.420. The lowest BCUT2D eigenvalue weighted by atomic mass is 10.2. The molecular formula is C7H11BrN2O2. The number of halogens is 1. The van der Waals surface area contributed by atoms with Gasteiger partial charge in [-0.3, -0.25) is 0 Å². The van der Waals surface area contributed by atoms with Crippen molar-refractivity contribution in [1.82, 2.24) is 10.2 Å². The summed E-state index contributed by atoms with van der Waals surface area (Å²) in [4.78, 5) is 0.384. The molecule has 0 bridgehead atoms. The molecule has 0 amide bonds. The van der Waals surface area contributed by atoms with E-state index in [1.54, 1.807) is 0 Å². The van der Waals surface area contributed by atoms with Gasteiger partial charge in [-0.1, -0.05) is 0 Å². The van der Waals surface area contributed by atoms with E-state index in [2.05, 4.69) is 26.1 Å². The van der Waals surface area contributed by atoms with Crippen molar-refractivity contribution < 1.29 is 9.15 Å². The highest BCUT2D eigenvalue weighted by atomic mass is 79.9. The topological polar surface area (TPSA) is 48.2 Å². The van der Waals surface area contributed by atoms with Crippen LogP contribution < -0.4 is 0 Å². The molecule has 0 saturated heterocycles. The van der Waals surface area contributed by atoms with Gasteiger partial charge in [-0.25, -0.2) is 0 Å². The molecule has 0 spiro atoms. The molecular weight excluding hydrogens is 224 g/mol. The monoisotopic (exact) mass is 234 g/mol. The van der Waals surface area contributed by atoms with Gasteiger partial charge < -0.3 is 9.15 Å². The first-order valence-electron chi connectivity index (χ1n) is 3.59. The SMILES string of the molecule is CC(C)(C)OCc1nnc(Br)o1. The van der Waals surface area contributed by atoms with Crippen LogP contribution in [0.4, 0.5) is 0 Å². The van der Waals surface area contributed by atoms with Gasteiger partial charge in [0.1, 0.15) is 6.61 Å². The van der Waals surface area contributed by atoms with Crippen LogP contribution in [-0.4, -0.2) is 15.8 Å². The molecule has 1 rings (SSSR count). The molecule has 0 aliphatic rings. The summed E-state index contributed by atoms with van der Waals surface area (Å²) in [7, 11) is 0. The zero-order valence-electron chi connectivity index (χ0n) is 7.30. The number of hydrogen-bond acceptors (Lipinski definition) is 4. The summed E-state index contributed by atoms with van der Waals surface area (Å²) < 4.78 is 10.5. The van der Waals surface area contributed by atoms with Crippen LogP contribution in [0.25, 0.3) is 0 Å². The first kappa shape index (κ1) is 9.67. The molecule has 0 radical (unpaired) electrons. The van der Waals surface area contributed by atoms with Gasteiger partial charge in [0, 0.05) is 15.9 Å². The van der Waals surface area contributed by atoms with E-state index in [9.17, 15) is 0 Å². The van der Waals surface area contributed by atoms with E-state index >= 15 is 0 Å². The third-order valence-electron chi connectivity index (χ3n) is 1.07. The molecule has 0 aromatic carbocycles. The number of nitrogens with zero attached hydrogens (tertiary/aromatic N) is 2. The summed E-state index contributed by atoms with van der Waals surface area (Å²) in [5, 5.41) is 7.37. The van der Waals surface area contributed by atoms with Crippen molar-refractivity contribution >= 4 is 15.9 Å². The molecule has 0 aliphatic heterocycles. The first-order valence-corrected chi connectivity index (χ1v) is 4.38. The third kappa shape index (κ3) is 3.32. The van der Waals surface area contributed by atoms with Gasteiger partial charge in [-0.05, 0) is 20.8 Å². The molecule has 1 heterocycles. The van der Waals surface area contributed by atoms with Gasteiger partial charge >= 0.3 is 0 Å². The molecule has 0 saturated carbocycles. The van der Waals surface area contributed by atoms with Crippen molar-refractivity contribution in [2.75, 3.05) is 0 Å². The molecule has 0 aliphatic carbocycles. The summed E-state index contributed by atoms with van der Waals surface area (Å²) >= 11 is 3.06. The van der Waals surface area contributed by atoms with Gasteiger partial charge in [0.05, 0.1) is 5.60 Å². The van der Waals surface area contributed by atoms with Crippen LogP contribution in [-0.2, 0) is 11.3 Å². The second-order valence-corrected chi connectivity index (χ2v) is 4.03. The van der Waals surface area contributed by atoms with E-state index in [4.69, 9.17) is 9.15 Å². The molecule has 0 unspecified atom stereocenters. The van der Waals surface area contributed by atoms with E-state index in [1.807, 2.05) is 20.8 Å². The summed E-state index contributed by atoms with van der Waals surface area (Å²) in [6.07, 6.45) is 0. The highest BCUT2D eigenvalue weighted by molar-refractivity contribution is 9.10. The molecule has 0 atom stereocenters. The largest absolute Gasteiger partial charge is 0.413 e. The average Bonchev–Trinajstić information content (AvgIpc) is 2.30. The summed E-state index contributed by atoms with van der Waals surface area (Å²) in [5.74, 6) is 0.483. The zero-order valence-corrected chi connectivity index (χ0v) is 8.88. The van der Waals surface area contributed by atoms with Crippen LogP contribution in [0.3, 0.4) is 0 Å². The summed E-state index contributed by atoms with van der Waals surface area (Å²) in [5.41, 5.74) is -0.180. The minimum atomic E-state index is -0.180. The van der Waals surface area contributed by atoms with Crippen molar-refractivity contribution in [3.05, 3.63) is 10.7 Å². The van der Waals surface area contributed by atoms with Crippen molar-refractivity contribution in [3.8, 4) is 0 Å². The Morgan fingerprint density at radius 2 is 2.08 bits per heavy atom.